The molecule has 2 N–H and O–H groups in total. The number of anilines is 1. The SMILES string of the molecule is CC(C)(C)c1nc(C2CCC2)cc(N2CCN(CCC3CCC(NC(=O)[C@H]4C[C@](O)(C(F)(F)F)C4)CC3)CC2)n1. The third-order valence-corrected chi connectivity index (χ3v) is 9.74. The molecule has 3 aliphatic carbocycles. The molecule has 4 fully saturated rings. The Labute approximate surface area is 236 Å². The van der Waals surface area contributed by atoms with Crippen molar-refractivity contribution in [2.75, 3.05) is 37.6 Å². The van der Waals surface area contributed by atoms with E-state index in [1.54, 1.807) is 0 Å². The van der Waals surface area contributed by atoms with E-state index in [2.05, 4.69) is 42.0 Å². The van der Waals surface area contributed by atoms with Crippen molar-refractivity contribution in [3.63, 3.8) is 0 Å². The molecule has 7 nitrogen and oxygen atoms in total. The van der Waals surface area contributed by atoms with Crippen molar-refractivity contribution in [3.8, 4) is 0 Å². The highest BCUT2D eigenvalue weighted by atomic mass is 19.4. The number of aliphatic hydroxyl groups is 1. The van der Waals surface area contributed by atoms with Crippen LogP contribution in [0.5, 0.6) is 0 Å². The Morgan fingerprint density at radius 3 is 2.23 bits per heavy atom. The summed E-state index contributed by atoms with van der Waals surface area (Å²) in [5.74, 6) is 2.14. The molecule has 0 atom stereocenters. The average Bonchev–Trinajstić information content (AvgIpc) is 2.84. The third kappa shape index (κ3) is 6.58. The molecule has 1 aromatic rings. The number of nitrogens with one attached hydrogen (secondary N) is 1. The highest BCUT2D eigenvalue weighted by Crippen LogP contribution is 2.48. The Morgan fingerprint density at radius 1 is 1.02 bits per heavy atom. The van der Waals surface area contributed by atoms with Crippen molar-refractivity contribution < 1.29 is 23.1 Å². The maximum Gasteiger partial charge on any atom is 0.417 e. The normalized spacial score (nSPS) is 30.5. The first-order valence-electron chi connectivity index (χ1n) is 15.3. The van der Waals surface area contributed by atoms with Crippen LogP contribution < -0.4 is 10.2 Å². The first-order valence-corrected chi connectivity index (χ1v) is 15.3. The molecular weight excluding hydrogens is 519 g/mol. The highest BCUT2D eigenvalue weighted by Gasteiger charge is 2.62. The molecule has 40 heavy (non-hydrogen) atoms. The zero-order valence-corrected chi connectivity index (χ0v) is 24.3. The van der Waals surface area contributed by atoms with Crippen molar-refractivity contribution in [2.45, 2.75) is 114 Å². The quantitative estimate of drug-likeness (QED) is 0.488. The zero-order chi connectivity index (χ0) is 28.7. The van der Waals surface area contributed by atoms with Gasteiger partial charge in [0.1, 0.15) is 11.6 Å². The number of carbonyl (C=O) groups excluding carboxylic acids is 1. The molecule has 1 saturated heterocycles. The second-order valence-electron chi connectivity index (χ2n) is 13.8. The predicted octanol–water partition coefficient (Wildman–Crippen LogP) is 4.93. The molecule has 3 saturated carbocycles. The minimum Gasteiger partial charge on any atom is -0.380 e. The molecule has 0 spiro atoms. The van der Waals surface area contributed by atoms with Crippen LogP contribution in [0.15, 0.2) is 6.07 Å². The van der Waals surface area contributed by atoms with Gasteiger partial charge in [0.2, 0.25) is 5.91 Å². The number of halogens is 3. The van der Waals surface area contributed by atoms with E-state index >= 15 is 0 Å². The van der Waals surface area contributed by atoms with Crippen LogP contribution in [-0.4, -0.2) is 76.4 Å². The van der Waals surface area contributed by atoms with Gasteiger partial charge >= 0.3 is 6.18 Å². The second kappa shape index (κ2) is 11.4. The number of hydrogen-bond acceptors (Lipinski definition) is 6. The van der Waals surface area contributed by atoms with Crippen LogP contribution in [0.4, 0.5) is 19.0 Å². The Hall–Kier alpha value is -1.94. The lowest BCUT2D eigenvalue weighted by Crippen LogP contribution is -2.59. The van der Waals surface area contributed by atoms with Gasteiger partial charge < -0.3 is 15.3 Å². The van der Waals surface area contributed by atoms with E-state index in [9.17, 15) is 23.1 Å². The standard InChI is InChI=1S/C30H46F3N5O2/c1-28(2,3)27-35-24(21-5-4-6-21)17-25(36-27)38-15-13-37(14-16-38)12-11-20-7-9-23(10-8-20)34-26(39)22-18-29(40,19-22)30(31,32)33/h17,20-23,40H,4-16,18-19H2,1-3H3,(H,34,39)/t20?,22-,23?,29+. The predicted molar refractivity (Wildman–Crippen MR) is 148 cm³/mol. The van der Waals surface area contributed by atoms with E-state index in [1.807, 2.05) is 0 Å². The fourth-order valence-corrected chi connectivity index (χ4v) is 6.52. The van der Waals surface area contributed by atoms with Crippen molar-refractivity contribution in [1.29, 1.82) is 0 Å². The van der Waals surface area contributed by atoms with Crippen LogP contribution in [-0.2, 0) is 10.2 Å². The van der Waals surface area contributed by atoms with E-state index in [-0.39, 0.29) is 17.4 Å². The smallest absolute Gasteiger partial charge is 0.380 e. The zero-order valence-electron chi connectivity index (χ0n) is 24.3. The van der Waals surface area contributed by atoms with Crippen LogP contribution in [0.3, 0.4) is 0 Å². The van der Waals surface area contributed by atoms with Gasteiger partial charge in [-0.1, -0.05) is 27.2 Å². The van der Waals surface area contributed by atoms with Crippen molar-refractivity contribution >= 4 is 11.7 Å². The Kier molecular flexibility index (Phi) is 8.41. The first-order chi connectivity index (χ1) is 18.8. The third-order valence-electron chi connectivity index (χ3n) is 9.74. The number of piperazine rings is 1. The average molecular weight is 566 g/mol. The van der Waals surface area contributed by atoms with Crippen LogP contribution in [0.1, 0.15) is 102 Å². The number of hydrogen-bond donors (Lipinski definition) is 2. The Morgan fingerprint density at radius 2 is 1.68 bits per heavy atom. The van der Waals surface area contributed by atoms with E-state index < -0.39 is 30.5 Å². The first kappa shape index (κ1) is 29.5. The topological polar surface area (TPSA) is 81.6 Å². The maximum atomic E-state index is 12.8. The van der Waals surface area contributed by atoms with Crippen molar-refractivity contribution in [3.05, 3.63) is 17.6 Å². The summed E-state index contributed by atoms with van der Waals surface area (Å²) in [4.78, 5) is 27.3. The summed E-state index contributed by atoms with van der Waals surface area (Å²) in [6.07, 6.45) is 2.97. The van der Waals surface area contributed by atoms with Crippen LogP contribution >= 0.6 is 0 Å². The summed E-state index contributed by atoms with van der Waals surface area (Å²) in [7, 11) is 0. The molecule has 0 radical (unpaired) electrons. The summed E-state index contributed by atoms with van der Waals surface area (Å²) in [5.41, 5.74) is -1.55. The molecule has 1 amide bonds. The lowest BCUT2D eigenvalue weighted by Gasteiger charge is -2.44. The number of amides is 1. The molecule has 1 aromatic heterocycles. The lowest BCUT2D eigenvalue weighted by molar-refractivity contribution is -0.296. The number of aromatic nitrogens is 2. The summed E-state index contributed by atoms with van der Waals surface area (Å²) in [6.45, 7) is 11.6. The van der Waals surface area contributed by atoms with Crippen LogP contribution in [0.25, 0.3) is 0 Å². The summed E-state index contributed by atoms with van der Waals surface area (Å²) >= 11 is 0. The molecule has 4 aliphatic rings. The van der Waals surface area contributed by atoms with Gasteiger partial charge in [-0.2, -0.15) is 13.2 Å². The van der Waals surface area contributed by atoms with Gasteiger partial charge in [0.25, 0.3) is 0 Å². The Balaban J connectivity index is 1.02. The Bertz CT molecular complexity index is 1030. The van der Waals surface area contributed by atoms with Gasteiger partial charge in [-0.15, -0.1) is 0 Å². The van der Waals surface area contributed by atoms with Gasteiger partial charge in [0, 0.05) is 61.2 Å². The van der Waals surface area contributed by atoms with E-state index in [0.717, 1.165) is 76.5 Å². The fraction of sp³-hybridized carbons (Fsp3) is 0.833. The molecule has 0 aromatic carbocycles. The van der Waals surface area contributed by atoms with Gasteiger partial charge in [-0.25, -0.2) is 9.97 Å². The molecule has 10 heteroatoms. The number of rotatable bonds is 7. The molecular formula is C30H46F3N5O2. The molecule has 224 valence electrons. The monoisotopic (exact) mass is 565 g/mol. The van der Waals surface area contributed by atoms with Crippen LogP contribution in [0, 0.1) is 11.8 Å². The van der Waals surface area contributed by atoms with E-state index in [1.165, 1.54) is 25.0 Å². The molecule has 1 aliphatic heterocycles. The van der Waals surface area contributed by atoms with Gasteiger partial charge in [0.05, 0.1) is 0 Å². The number of carbonyl (C=O) groups is 1. The maximum absolute atomic E-state index is 12.8. The fourth-order valence-electron chi connectivity index (χ4n) is 6.52. The van der Waals surface area contributed by atoms with Crippen molar-refractivity contribution in [2.24, 2.45) is 11.8 Å². The van der Waals surface area contributed by atoms with Gasteiger partial charge in [-0.05, 0) is 70.3 Å². The highest BCUT2D eigenvalue weighted by molar-refractivity contribution is 5.80. The molecule has 5 rings (SSSR count). The summed E-state index contributed by atoms with van der Waals surface area (Å²) in [6, 6.07) is 2.26. The van der Waals surface area contributed by atoms with E-state index in [0.29, 0.717) is 11.8 Å². The van der Waals surface area contributed by atoms with Crippen LogP contribution in [0.2, 0.25) is 0 Å². The molecule has 2 heterocycles. The van der Waals surface area contributed by atoms with Gasteiger partial charge in [-0.3, -0.25) is 9.69 Å². The summed E-state index contributed by atoms with van der Waals surface area (Å²) in [5, 5.41) is 12.6. The molecule has 0 unspecified atom stereocenters. The van der Waals surface area contributed by atoms with Gasteiger partial charge in [0.15, 0.2) is 5.60 Å². The lowest BCUT2D eigenvalue weighted by atomic mass is 9.69. The van der Waals surface area contributed by atoms with E-state index in [4.69, 9.17) is 9.97 Å². The number of alkyl halides is 3. The number of nitrogens with zero attached hydrogens (tertiary/aromatic N) is 4. The minimum absolute atomic E-state index is 0.0301. The largest absolute Gasteiger partial charge is 0.417 e. The summed E-state index contributed by atoms with van der Waals surface area (Å²) < 4.78 is 38.5. The minimum atomic E-state index is -4.67. The molecule has 0 bridgehead atoms. The second-order valence-corrected chi connectivity index (χ2v) is 13.8. The van der Waals surface area contributed by atoms with Crippen molar-refractivity contribution in [1.82, 2.24) is 20.2 Å².